The van der Waals surface area contributed by atoms with Crippen molar-refractivity contribution in [2.24, 2.45) is 5.92 Å². The second kappa shape index (κ2) is 7.98. The topological polar surface area (TPSA) is 59.8 Å². The summed E-state index contributed by atoms with van der Waals surface area (Å²) < 4.78 is 10.6. The van der Waals surface area contributed by atoms with Gasteiger partial charge in [0.2, 0.25) is 0 Å². The average Bonchev–Trinajstić information content (AvgIpc) is 3.21. The first-order valence-electron chi connectivity index (χ1n) is 9.55. The predicted octanol–water partition coefficient (Wildman–Crippen LogP) is 4.31. The third kappa shape index (κ3) is 3.71. The van der Waals surface area contributed by atoms with Crippen LogP contribution < -0.4 is 0 Å². The summed E-state index contributed by atoms with van der Waals surface area (Å²) in [5, 5.41) is 2.17. The van der Waals surface area contributed by atoms with Gasteiger partial charge in [-0.25, -0.2) is 0 Å². The van der Waals surface area contributed by atoms with Gasteiger partial charge in [-0.3, -0.25) is 9.59 Å². The molecule has 3 aromatic rings. The Bertz CT molecular complexity index is 1010. The number of carbonyl (C=O) groups is 2. The predicted molar refractivity (Wildman–Crippen MR) is 106 cm³/mol. The molecule has 1 saturated heterocycles. The van der Waals surface area contributed by atoms with Gasteiger partial charge in [0.1, 0.15) is 12.4 Å². The maximum atomic E-state index is 13.1. The van der Waals surface area contributed by atoms with Gasteiger partial charge in [0.05, 0.1) is 0 Å². The fourth-order valence-corrected chi connectivity index (χ4v) is 3.82. The third-order valence-corrected chi connectivity index (χ3v) is 5.27. The molecule has 1 atom stereocenters. The minimum absolute atomic E-state index is 0.0998. The van der Waals surface area contributed by atoms with E-state index in [2.05, 4.69) is 0 Å². The number of carbonyl (C=O) groups excluding carboxylic acids is 2. The summed E-state index contributed by atoms with van der Waals surface area (Å²) in [5.41, 5.74) is 0.707. The van der Waals surface area contributed by atoms with Gasteiger partial charge in [-0.2, -0.15) is 0 Å². The van der Waals surface area contributed by atoms with Crippen LogP contribution in [0.2, 0.25) is 0 Å². The van der Waals surface area contributed by atoms with Gasteiger partial charge in [-0.1, -0.05) is 36.4 Å². The monoisotopic (exact) mass is 377 g/mol. The minimum Gasteiger partial charge on any atom is -0.453 e. The van der Waals surface area contributed by atoms with E-state index in [0.717, 1.165) is 23.6 Å². The quantitative estimate of drug-likeness (QED) is 0.622. The van der Waals surface area contributed by atoms with Crippen LogP contribution in [0.3, 0.4) is 0 Å². The highest BCUT2D eigenvalue weighted by Crippen LogP contribution is 2.25. The van der Waals surface area contributed by atoms with Gasteiger partial charge in [0, 0.05) is 31.7 Å². The molecule has 0 radical (unpaired) electrons. The van der Waals surface area contributed by atoms with Crippen molar-refractivity contribution in [3.63, 3.8) is 0 Å². The molecule has 1 aromatic heterocycles. The first-order valence-corrected chi connectivity index (χ1v) is 9.55. The first kappa shape index (κ1) is 18.4. The van der Waals surface area contributed by atoms with E-state index in [1.165, 1.54) is 0 Å². The molecule has 0 saturated carbocycles. The lowest BCUT2D eigenvalue weighted by Crippen LogP contribution is -2.42. The summed E-state index contributed by atoms with van der Waals surface area (Å²) in [5.74, 6) is 0.658. The van der Waals surface area contributed by atoms with Crippen LogP contribution in [0.4, 0.5) is 0 Å². The maximum Gasteiger partial charge on any atom is 0.289 e. The summed E-state index contributed by atoms with van der Waals surface area (Å²) >= 11 is 0. The summed E-state index contributed by atoms with van der Waals surface area (Å²) in [7, 11) is 1.58. The van der Waals surface area contributed by atoms with E-state index in [4.69, 9.17) is 9.15 Å². The number of Topliss-reactive ketones (excluding diaryl/α,β-unsaturated/α-hetero) is 1. The molecule has 1 amide bonds. The Balaban J connectivity index is 1.49. The number of rotatable bonds is 5. The molecule has 1 aliphatic heterocycles. The highest BCUT2D eigenvalue weighted by atomic mass is 16.5. The summed E-state index contributed by atoms with van der Waals surface area (Å²) in [6.45, 7) is 1.39. The smallest absolute Gasteiger partial charge is 0.289 e. The van der Waals surface area contributed by atoms with Gasteiger partial charge in [0.15, 0.2) is 11.5 Å². The number of hydrogen-bond donors (Lipinski definition) is 0. The Kier molecular flexibility index (Phi) is 5.26. The highest BCUT2D eigenvalue weighted by Gasteiger charge is 2.30. The Labute approximate surface area is 163 Å². The van der Waals surface area contributed by atoms with E-state index >= 15 is 0 Å². The van der Waals surface area contributed by atoms with Crippen molar-refractivity contribution in [3.8, 4) is 0 Å². The zero-order valence-corrected chi connectivity index (χ0v) is 15.9. The summed E-state index contributed by atoms with van der Waals surface area (Å²) in [4.78, 5) is 27.6. The maximum absolute atomic E-state index is 13.1. The normalized spacial score (nSPS) is 17.0. The minimum atomic E-state index is -0.188. The van der Waals surface area contributed by atoms with E-state index in [1.54, 1.807) is 24.1 Å². The second-order valence-electron chi connectivity index (χ2n) is 7.22. The fourth-order valence-electron chi connectivity index (χ4n) is 3.82. The molecule has 0 N–H and O–H groups in total. The van der Waals surface area contributed by atoms with Gasteiger partial charge >= 0.3 is 0 Å². The van der Waals surface area contributed by atoms with Crippen LogP contribution >= 0.6 is 0 Å². The number of nitrogens with zero attached hydrogens (tertiary/aromatic N) is 1. The number of amides is 1. The van der Waals surface area contributed by atoms with Crippen LogP contribution in [0.25, 0.3) is 10.8 Å². The number of likely N-dealkylation sites (tertiary alicyclic amines) is 1. The lowest BCUT2D eigenvalue weighted by Gasteiger charge is -2.31. The summed E-state index contributed by atoms with van der Waals surface area (Å²) in [6.07, 6.45) is 1.60. The van der Waals surface area contributed by atoms with E-state index < -0.39 is 0 Å². The van der Waals surface area contributed by atoms with Crippen molar-refractivity contribution in [1.29, 1.82) is 0 Å². The number of methoxy groups -OCH3 is 1. The lowest BCUT2D eigenvalue weighted by atomic mass is 9.89. The van der Waals surface area contributed by atoms with Crippen LogP contribution in [-0.2, 0) is 11.3 Å². The van der Waals surface area contributed by atoms with Gasteiger partial charge in [0.25, 0.3) is 5.91 Å². The van der Waals surface area contributed by atoms with Gasteiger partial charge in [-0.15, -0.1) is 0 Å². The molecule has 4 rings (SSSR count). The molecule has 144 valence electrons. The molecule has 1 aliphatic rings. The van der Waals surface area contributed by atoms with Crippen molar-refractivity contribution >= 4 is 22.5 Å². The van der Waals surface area contributed by atoms with Crippen molar-refractivity contribution in [3.05, 3.63) is 71.7 Å². The number of ether oxygens (including phenoxy) is 1. The van der Waals surface area contributed by atoms with E-state index in [-0.39, 0.29) is 17.6 Å². The second-order valence-corrected chi connectivity index (χ2v) is 7.22. The highest BCUT2D eigenvalue weighted by molar-refractivity contribution is 6.02. The van der Waals surface area contributed by atoms with Crippen molar-refractivity contribution < 1.29 is 18.7 Å². The van der Waals surface area contributed by atoms with Crippen LogP contribution in [-0.4, -0.2) is 36.8 Å². The standard InChI is InChI=1S/C23H23NO4/c1-27-15-20-10-11-21(28-20)23(26)24-12-4-7-19(14-24)22(25)18-9-8-16-5-2-3-6-17(16)13-18/h2-3,5-6,8-11,13,19H,4,7,12,14-15H2,1H3/t19-/m1/s1. The number of furan rings is 1. The van der Waals surface area contributed by atoms with Gasteiger partial charge in [-0.05, 0) is 41.8 Å². The number of hydrogen-bond acceptors (Lipinski definition) is 4. The molecule has 0 bridgehead atoms. The van der Waals surface area contributed by atoms with Crippen molar-refractivity contribution in [2.45, 2.75) is 19.4 Å². The fraction of sp³-hybridized carbons (Fsp3) is 0.304. The summed E-state index contributed by atoms with van der Waals surface area (Å²) in [6, 6.07) is 17.2. The molecule has 5 heteroatoms. The molecule has 5 nitrogen and oxygen atoms in total. The molecule has 28 heavy (non-hydrogen) atoms. The molecule has 0 unspecified atom stereocenters. The Hall–Kier alpha value is -2.92. The zero-order valence-electron chi connectivity index (χ0n) is 15.9. The van der Waals surface area contributed by atoms with E-state index in [9.17, 15) is 9.59 Å². The number of fused-ring (bicyclic) bond motifs is 1. The molecule has 0 aliphatic carbocycles. The molecule has 1 fully saturated rings. The Morgan fingerprint density at radius 2 is 1.93 bits per heavy atom. The SMILES string of the molecule is COCc1ccc(C(=O)N2CCC[C@@H](C(=O)c3ccc4ccccc4c3)C2)o1. The molecule has 2 aromatic carbocycles. The third-order valence-electron chi connectivity index (χ3n) is 5.27. The van der Waals surface area contributed by atoms with Crippen LogP contribution in [0.1, 0.15) is 39.5 Å². The molecule has 0 spiro atoms. The van der Waals surface area contributed by atoms with E-state index in [1.807, 2.05) is 42.5 Å². The van der Waals surface area contributed by atoms with Gasteiger partial charge < -0.3 is 14.1 Å². The van der Waals surface area contributed by atoms with Crippen LogP contribution in [0, 0.1) is 5.92 Å². The largest absolute Gasteiger partial charge is 0.453 e. The number of benzene rings is 2. The first-order chi connectivity index (χ1) is 13.7. The van der Waals surface area contributed by atoms with Crippen molar-refractivity contribution in [1.82, 2.24) is 4.90 Å². The number of piperidine rings is 1. The van der Waals surface area contributed by atoms with E-state index in [0.29, 0.717) is 36.8 Å². The van der Waals surface area contributed by atoms with Crippen LogP contribution in [0.5, 0.6) is 0 Å². The Morgan fingerprint density at radius 3 is 2.75 bits per heavy atom. The van der Waals surface area contributed by atoms with Crippen molar-refractivity contribution in [2.75, 3.05) is 20.2 Å². The Morgan fingerprint density at radius 1 is 1.11 bits per heavy atom. The average molecular weight is 377 g/mol. The van der Waals surface area contributed by atoms with Crippen LogP contribution in [0.15, 0.2) is 59.0 Å². The molecule has 2 heterocycles. The molecular weight excluding hydrogens is 354 g/mol. The lowest BCUT2D eigenvalue weighted by molar-refractivity contribution is 0.0605. The zero-order chi connectivity index (χ0) is 19.5. The number of ketones is 1. The molecular formula is C23H23NO4.